The molecule has 2 nitrogen and oxygen atoms in total. The molecule has 0 N–H and O–H groups in total. The summed E-state index contributed by atoms with van der Waals surface area (Å²) in [6.07, 6.45) is 0. The van der Waals surface area contributed by atoms with Crippen LogP contribution in [0.5, 0.6) is 0 Å². The highest BCUT2D eigenvalue weighted by Gasteiger charge is 2.44. The molecule has 4 aliphatic rings. The van der Waals surface area contributed by atoms with Crippen LogP contribution in [0.1, 0.15) is 99.9 Å². The van der Waals surface area contributed by atoms with Gasteiger partial charge in [-0.25, -0.2) is 0 Å². The summed E-state index contributed by atoms with van der Waals surface area (Å²) in [4.78, 5) is 5.05. The molecule has 4 aliphatic carbocycles. The molecular formula is C106H76N2. The van der Waals surface area contributed by atoms with Crippen molar-refractivity contribution in [2.24, 2.45) is 0 Å². The van der Waals surface area contributed by atoms with E-state index in [9.17, 15) is 0 Å². The molecule has 108 heavy (non-hydrogen) atoms. The lowest BCUT2D eigenvalue weighted by Gasteiger charge is -2.30. The molecule has 19 aromatic rings. The molecule has 0 saturated heterocycles. The number of benzene rings is 19. The SMILES string of the molecule is CC1(C)c2ccccc2-c2cc3c(cc21)-c1ccc(N(c2ccccc2)c2ccc4c(-c5ccc6ccc7cccc8ccc5c6c78)c5cc(N(c6ccccc6)c6ccc7c(c6)C(C)(C)c6cc8c(cc6-7)C(C)(C)c6ccccc6-8)ccc5c(-c5ccc6ccc7cccc8ccc5c6c78)c4c2)cc1C3(C)C. The first-order valence-corrected chi connectivity index (χ1v) is 38.5. The molecule has 0 spiro atoms. The fourth-order valence-electron chi connectivity index (χ4n) is 21.1. The van der Waals surface area contributed by atoms with Crippen molar-refractivity contribution in [3.05, 3.63) is 360 Å². The Morgan fingerprint density at radius 1 is 0.167 bits per heavy atom. The summed E-state index contributed by atoms with van der Waals surface area (Å²) < 4.78 is 0. The minimum Gasteiger partial charge on any atom is -0.310 e. The maximum atomic E-state index is 2.55. The largest absolute Gasteiger partial charge is 0.310 e. The molecule has 0 fully saturated rings. The zero-order valence-corrected chi connectivity index (χ0v) is 61.9. The van der Waals surface area contributed by atoms with Crippen LogP contribution in [-0.4, -0.2) is 0 Å². The summed E-state index contributed by atoms with van der Waals surface area (Å²) >= 11 is 0. The van der Waals surface area contributed by atoms with Crippen LogP contribution in [0, 0.1) is 0 Å². The van der Waals surface area contributed by atoms with Crippen LogP contribution in [0.4, 0.5) is 34.1 Å². The van der Waals surface area contributed by atoms with Crippen molar-refractivity contribution in [3.63, 3.8) is 0 Å². The number of hydrogen-bond donors (Lipinski definition) is 0. The Labute approximate surface area is 629 Å². The number of rotatable bonds is 8. The van der Waals surface area contributed by atoms with Crippen molar-refractivity contribution in [2.45, 2.75) is 77.0 Å². The average molecular weight is 1380 g/mol. The maximum absolute atomic E-state index is 2.55. The van der Waals surface area contributed by atoms with Gasteiger partial charge in [0.2, 0.25) is 0 Å². The third-order valence-electron chi connectivity index (χ3n) is 26.5. The van der Waals surface area contributed by atoms with E-state index in [1.54, 1.807) is 0 Å². The topological polar surface area (TPSA) is 6.48 Å². The highest BCUT2D eigenvalue weighted by atomic mass is 15.1. The lowest BCUT2D eigenvalue weighted by molar-refractivity contribution is 0.652. The molecule has 0 bridgehead atoms. The lowest BCUT2D eigenvalue weighted by Crippen LogP contribution is -2.17. The van der Waals surface area contributed by atoms with Gasteiger partial charge in [0.15, 0.2) is 0 Å². The second-order valence-electron chi connectivity index (χ2n) is 33.4. The van der Waals surface area contributed by atoms with Gasteiger partial charge in [0.05, 0.1) is 0 Å². The fraction of sp³-hybridized carbons (Fsp3) is 0.113. The first kappa shape index (κ1) is 61.7. The predicted octanol–water partition coefficient (Wildman–Crippen LogP) is 29.3. The quantitative estimate of drug-likeness (QED) is 0.111. The molecule has 19 aromatic carbocycles. The standard InChI is InChI=1S/C106H76N2/c1-103(2)89-31-17-15-29-73(89)83-57-95-85(59-93(83)103)75-49-41-71(55-91(75)105(95,5)6)107(67-25-11-9-12-26-67)69-43-51-81-87(53-69)101(79-47-39-65-35-33-61-21-19-23-63-37-45-77(79)99(65)97(61)63)82-52-44-70(54-88(82)102(81)80-48-40-66-36-34-62-22-20-24-64-38-46-78(80)100(66)98(62)64)108(68-27-13-10-14-28-68)72-42-50-76-86-60-94-84(58-96(86)106(7,8)92(76)56-72)74-30-16-18-32-90(74)104(94,3)4/h9-60H,1-8H3. The van der Waals surface area contributed by atoms with E-state index in [2.05, 4.69) is 381 Å². The number of anilines is 6. The average Bonchev–Trinajstić information content (AvgIpc) is 1.31. The maximum Gasteiger partial charge on any atom is 0.0468 e. The van der Waals surface area contributed by atoms with Gasteiger partial charge in [0.25, 0.3) is 0 Å². The Morgan fingerprint density at radius 3 is 0.833 bits per heavy atom. The molecule has 0 aliphatic heterocycles. The molecule has 0 atom stereocenters. The molecule has 0 amide bonds. The molecule has 0 unspecified atom stereocenters. The summed E-state index contributed by atoms with van der Waals surface area (Å²) in [5.41, 5.74) is 32.6. The number of hydrogen-bond acceptors (Lipinski definition) is 2. The van der Waals surface area contributed by atoms with Crippen LogP contribution in [-0.2, 0) is 21.7 Å². The van der Waals surface area contributed by atoms with Crippen molar-refractivity contribution in [1.29, 1.82) is 0 Å². The monoisotopic (exact) mass is 1380 g/mol. The first-order chi connectivity index (χ1) is 52.6. The van der Waals surface area contributed by atoms with Crippen LogP contribution < -0.4 is 9.80 Å². The van der Waals surface area contributed by atoms with Gasteiger partial charge in [-0.05, 0) is 295 Å². The normalized spacial score (nSPS) is 15.0. The van der Waals surface area contributed by atoms with Crippen molar-refractivity contribution in [2.75, 3.05) is 9.80 Å². The van der Waals surface area contributed by atoms with E-state index in [4.69, 9.17) is 0 Å². The molecule has 0 radical (unpaired) electrons. The lowest BCUT2D eigenvalue weighted by atomic mass is 9.79. The highest BCUT2D eigenvalue weighted by Crippen LogP contribution is 2.61. The van der Waals surface area contributed by atoms with Gasteiger partial charge < -0.3 is 9.80 Å². The van der Waals surface area contributed by atoms with E-state index in [-0.39, 0.29) is 21.7 Å². The van der Waals surface area contributed by atoms with Gasteiger partial charge in [0.1, 0.15) is 0 Å². The summed E-state index contributed by atoms with van der Waals surface area (Å²) in [5, 5.41) is 20.0. The Balaban J connectivity index is 0.789. The molecule has 0 aromatic heterocycles. The smallest absolute Gasteiger partial charge is 0.0468 e. The van der Waals surface area contributed by atoms with Crippen molar-refractivity contribution in [1.82, 2.24) is 0 Å². The summed E-state index contributed by atoms with van der Waals surface area (Å²) in [7, 11) is 0. The Kier molecular flexibility index (Phi) is 12.3. The second kappa shape index (κ2) is 21.6. The molecule has 510 valence electrons. The third-order valence-corrected chi connectivity index (χ3v) is 26.5. The van der Waals surface area contributed by atoms with Gasteiger partial charge in [-0.2, -0.15) is 0 Å². The molecule has 0 saturated carbocycles. The van der Waals surface area contributed by atoms with E-state index in [1.807, 2.05) is 0 Å². The van der Waals surface area contributed by atoms with Crippen LogP contribution in [0.15, 0.2) is 315 Å². The van der Waals surface area contributed by atoms with E-state index < -0.39 is 0 Å². The van der Waals surface area contributed by atoms with Crippen LogP contribution in [0.2, 0.25) is 0 Å². The van der Waals surface area contributed by atoms with E-state index >= 15 is 0 Å². The van der Waals surface area contributed by atoms with Gasteiger partial charge in [-0.15, -0.1) is 0 Å². The van der Waals surface area contributed by atoms with Gasteiger partial charge >= 0.3 is 0 Å². The first-order valence-electron chi connectivity index (χ1n) is 38.5. The van der Waals surface area contributed by atoms with E-state index in [1.165, 1.54) is 197 Å². The number of nitrogens with zero attached hydrogens (tertiary/aromatic N) is 2. The Hall–Kier alpha value is -12.6. The van der Waals surface area contributed by atoms with Crippen LogP contribution in [0.25, 0.3) is 153 Å². The summed E-state index contributed by atoms with van der Waals surface area (Å²) in [6, 6.07) is 122. The number of fused-ring (bicyclic) bond motifs is 14. The minimum atomic E-state index is -0.274. The molecule has 0 heterocycles. The third kappa shape index (κ3) is 8.22. The van der Waals surface area contributed by atoms with E-state index in [0.717, 1.165) is 34.1 Å². The van der Waals surface area contributed by atoms with Crippen LogP contribution >= 0.6 is 0 Å². The second-order valence-corrected chi connectivity index (χ2v) is 33.4. The molecule has 2 heteroatoms. The van der Waals surface area contributed by atoms with Crippen molar-refractivity contribution < 1.29 is 0 Å². The number of para-hydroxylation sites is 2. The van der Waals surface area contributed by atoms with E-state index in [0.29, 0.717) is 0 Å². The minimum absolute atomic E-state index is 0.109. The van der Waals surface area contributed by atoms with Crippen LogP contribution in [0.3, 0.4) is 0 Å². The van der Waals surface area contributed by atoms with Gasteiger partial charge in [-0.3, -0.25) is 0 Å². The highest BCUT2D eigenvalue weighted by molar-refractivity contribution is 6.33. The van der Waals surface area contributed by atoms with Gasteiger partial charge in [0, 0.05) is 55.8 Å². The predicted molar refractivity (Wildman–Crippen MR) is 459 cm³/mol. The molecule has 23 rings (SSSR count). The molecular weight excluding hydrogens is 1300 g/mol. The summed E-state index contributed by atoms with van der Waals surface area (Å²) in [6.45, 7) is 19.4. The summed E-state index contributed by atoms with van der Waals surface area (Å²) in [5.74, 6) is 0. The van der Waals surface area contributed by atoms with Crippen molar-refractivity contribution in [3.8, 4) is 66.8 Å². The zero-order valence-electron chi connectivity index (χ0n) is 61.9. The zero-order chi connectivity index (χ0) is 72.2. The Bertz CT molecular complexity index is 6700. The fourth-order valence-corrected chi connectivity index (χ4v) is 21.1. The Morgan fingerprint density at radius 2 is 0.444 bits per heavy atom. The van der Waals surface area contributed by atoms with Crippen molar-refractivity contribution >= 4 is 120 Å². The van der Waals surface area contributed by atoms with Gasteiger partial charge in [-0.1, -0.05) is 274 Å².